The summed E-state index contributed by atoms with van der Waals surface area (Å²) in [6.07, 6.45) is -0.595. The van der Waals surface area contributed by atoms with Gasteiger partial charge in [-0.2, -0.15) is 0 Å². The molecule has 0 spiro atoms. The van der Waals surface area contributed by atoms with Crippen molar-refractivity contribution in [3.8, 4) is 5.75 Å². The Labute approximate surface area is 97.2 Å². The molecule has 1 unspecified atom stereocenters. The number of nitrogens with two attached hydrogens (primary N) is 1. The van der Waals surface area contributed by atoms with E-state index in [1.807, 2.05) is 19.1 Å². The van der Waals surface area contributed by atoms with E-state index in [1.165, 1.54) is 5.56 Å². The first-order valence-corrected chi connectivity index (χ1v) is 5.66. The minimum absolute atomic E-state index is 0.225. The normalized spacial score (nSPS) is 12.9. The summed E-state index contributed by atoms with van der Waals surface area (Å²) in [5.74, 6) is 1.31. The highest BCUT2D eigenvalue weighted by Gasteiger charge is 2.07. The van der Waals surface area contributed by atoms with Crippen LogP contribution < -0.4 is 10.5 Å². The summed E-state index contributed by atoms with van der Waals surface area (Å²) >= 11 is 0. The lowest BCUT2D eigenvalue weighted by Gasteiger charge is -2.14. The van der Waals surface area contributed by atoms with Crippen molar-refractivity contribution < 1.29 is 9.84 Å². The quantitative estimate of drug-likeness (QED) is 0.800. The largest absolute Gasteiger partial charge is 0.491 e. The Kier molecular flexibility index (Phi) is 4.77. The van der Waals surface area contributed by atoms with E-state index in [-0.39, 0.29) is 13.2 Å². The Morgan fingerprint density at radius 2 is 2.06 bits per heavy atom. The fraction of sp³-hybridized carbons (Fsp3) is 0.538. The third-order valence-electron chi connectivity index (χ3n) is 2.58. The first kappa shape index (κ1) is 13.0. The van der Waals surface area contributed by atoms with E-state index < -0.39 is 6.10 Å². The standard InChI is InChI=1S/C13H21NO2/c1-9(2)11-5-4-10(3)13(6-11)16-8-12(15)7-14/h4-6,9,12,15H,7-8,14H2,1-3H3. The van der Waals surface area contributed by atoms with Gasteiger partial charge >= 0.3 is 0 Å². The molecular formula is C13H21NO2. The van der Waals surface area contributed by atoms with Crippen molar-refractivity contribution in [2.45, 2.75) is 32.8 Å². The van der Waals surface area contributed by atoms with E-state index in [0.29, 0.717) is 5.92 Å². The number of aliphatic hydroxyl groups excluding tert-OH is 1. The van der Waals surface area contributed by atoms with Gasteiger partial charge in [0, 0.05) is 6.54 Å². The van der Waals surface area contributed by atoms with Crippen molar-refractivity contribution in [2.75, 3.05) is 13.2 Å². The van der Waals surface area contributed by atoms with Crippen LogP contribution in [0.15, 0.2) is 18.2 Å². The molecule has 0 aliphatic rings. The van der Waals surface area contributed by atoms with E-state index in [0.717, 1.165) is 11.3 Å². The molecule has 0 saturated carbocycles. The minimum Gasteiger partial charge on any atom is -0.491 e. The van der Waals surface area contributed by atoms with Crippen LogP contribution in [0.5, 0.6) is 5.75 Å². The van der Waals surface area contributed by atoms with E-state index in [1.54, 1.807) is 0 Å². The summed E-state index contributed by atoms with van der Waals surface area (Å²) in [6, 6.07) is 6.18. The Morgan fingerprint density at radius 1 is 1.38 bits per heavy atom. The lowest BCUT2D eigenvalue weighted by molar-refractivity contribution is 0.114. The third kappa shape index (κ3) is 3.51. The first-order valence-electron chi connectivity index (χ1n) is 5.66. The fourth-order valence-corrected chi connectivity index (χ4v) is 1.39. The van der Waals surface area contributed by atoms with Gasteiger partial charge < -0.3 is 15.6 Å². The van der Waals surface area contributed by atoms with Gasteiger partial charge in [-0.1, -0.05) is 26.0 Å². The Morgan fingerprint density at radius 3 is 2.62 bits per heavy atom. The molecule has 3 N–H and O–H groups in total. The van der Waals surface area contributed by atoms with Crippen molar-refractivity contribution in [3.63, 3.8) is 0 Å². The van der Waals surface area contributed by atoms with Gasteiger partial charge in [-0.25, -0.2) is 0 Å². The van der Waals surface area contributed by atoms with Gasteiger partial charge in [0.2, 0.25) is 0 Å². The van der Waals surface area contributed by atoms with Gasteiger partial charge in [0.15, 0.2) is 0 Å². The maximum atomic E-state index is 9.34. The molecule has 0 aliphatic carbocycles. The van der Waals surface area contributed by atoms with Gasteiger partial charge in [-0.15, -0.1) is 0 Å². The van der Waals surface area contributed by atoms with E-state index in [9.17, 15) is 5.11 Å². The molecule has 1 aromatic rings. The van der Waals surface area contributed by atoms with Crippen LogP contribution in [-0.4, -0.2) is 24.4 Å². The van der Waals surface area contributed by atoms with Crippen molar-refractivity contribution in [3.05, 3.63) is 29.3 Å². The summed E-state index contributed by atoms with van der Waals surface area (Å²) in [4.78, 5) is 0. The van der Waals surface area contributed by atoms with Crippen LogP contribution in [-0.2, 0) is 0 Å². The fourth-order valence-electron chi connectivity index (χ4n) is 1.39. The molecule has 3 heteroatoms. The van der Waals surface area contributed by atoms with Crippen LogP contribution in [0.1, 0.15) is 30.9 Å². The molecule has 1 rings (SSSR count). The summed E-state index contributed by atoms with van der Waals surface area (Å²) in [5, 5.41) is 9.34. The molecule has 0 aliphatic heterocycles. The number of hydrogen-bond acceptors (Lipinski definition) is 3. The highest BCUT2D eigenvalue weighted by atomic mass is 16.5. The van der Waals surface area contributed by atoms with Crippen LogP contribution in [0.2, 0.25) is 0 Å². The van der Waals surface area contributed by atoms with Gasteiger partial charge in [-0.05, 0) is 30.0 Å². The van der Waals surface area contributed by atoms with Crippen molar-refractivity contribution in [2.24, 2.45) is 5.73 Å². The average Bonchev–Trinajstić information content (AvgIpc) is 2.27. The van der Waals surface area contributed by atoms with E-state index >= 15 is 0 Å². The number of aryl methyl sites for hydroxylation is 1. The van der Waals surface area contributed by atoms with Gasteiger partial charge in [0.05, 0.1) is 0 Å². The van der Waals surface area contributed by atoms with Crippen LogP contribution >= 0.6 is 0 Å². The van der Waals surface area contributed by atoms with E-state index in [2.05, 4.69) is 19.9 Å². The third-order valence-corrected chi connectivity index (χ3v) is 2.58. The highest BCUT2D eigenvalue weighted by molar-refractivity contribution is 5.37. The van der Waals surface area contributed by atoms with Crippen molar-refractivity contribution in [1.29, 1.82) is 0 Å². The number of rotatable bonds is 5. The molecule has 0 aromatic heterocycles. The molecule has 0 bridgehead atoms. The second-order valence-corrected chi connectivity index (χ2v) is 4.38. The zero-order valence-electron chi connectivity index (χ0n) is 10.2. The summed E-state index contributed by atoms with van der Waals surface area (Å²) < 4.78 is 5.55. The molecule has 0 fully saturated rings. The molecule has 16 heavy (non-hydrogen) atoms. The van der Waals surface area contributed by atoms with Gasteiger partial charge in [0.25, 0.3) is 0 Å². The highest BCUT2D eigenvalue weighted by Crippen LogP contribution is 2.24. The summed E-state index contributed by atoms with van der Waals surface area (Å²) in [5.41, 5.74) is 7.64. The lowest BCUT2D eigenvalue weighted by Crippen LogP contribution is -2.26. The van der Waals surface area contributed by atoms with Crippen molar-refractivity contribution in [1.82, 2.24) is 0 Å². The molecule has 0 saturated heterocycles. The second-order valence-electron chi connectivity index (χ2n) is 4.38. The number of ether oxygens (including phenoxy) is 1. The molecule has 1 atom stereocenters. The van der Waals surface area contributed by atoms with Crippen LogP contribution in [0.4, 0.5) is 0 Å². The molecular weight excluding hydrogens is 202 g/mol. The number of hydrogen-bond donors (Lipinski definition) is 2. The monoisotopic (exact) mass is 223 g/mol. The maximum absolute atomic E-state index is 9.34. The minimum atomic E-state index is -0.595. The molecule has 90 valence electrons. The Hall–Kier alpha value is -1.06. The second kappa shape index (κ2) is 5.87. The van der Waals surface area contributed by atoms with Gasteiger partial charge in [-0.3, -0.25) is 0 Å². The summed E-state index contributed by atoms with van der Waals surface area (Å²) in [7, 11) is 0. The SMILES string of the molecule is Cc1ccc(C(C)C)cc1OCC(O)CN. The lowest BCUT2D eigenvalue weighted by atomic mass is 10.0. The zero-order chi connectivity index (χ0) is 12.1. The molecule has 0 heterocycles. The molecule has 0 amide bonds. The number of aliphatic hydroxyl groups is 1. The average molecular weight is 223 g/mol. The Balaban J connectivity index is 2.74. The smallest absolute Gasteiger partial charge is 0.122 e. The predicted molar refractivity (Wildman–Crippen MR) is 65.8 cm³/mol. The predicted octanol–water partition coefficient (Wildman–Crippen LogP) is 1.82. The molecule has 1 aromatic carbocycles. The van der Waals surface area contributed by atoms with Gasteiger partial charge in [0.1, 0.15) is 18.5 Å². The van der Waals surface area contributed by atoms with Crippen LogP contribution in [0.25, 0.3) is 0 Å². The first-order chi connectivity index (χ1) is 7.54. The Bertz CT molecular complexity index is 337. The van der Waals surface area contributed by atoms with Crippen LogP contribution in [0.3, 0.4) is 0 Å². The molecule has 0 radical (unpaired) electrons. The maximum Gasteiger partial charge on any atom is 0.122 e. The summed E-state index contributed by atoms with van der Waals surface area (Å²) in [6.45, 7) is 6.75. The zero-order valence-corrected chi connectivity index (χ0v) is 10.2. The van der Waals surface area contributed by atoms with Crippen LogP contribution in [0, 0.1) is 6.92 Å². The molecule has 3 nitrogen and oxygen atoms in total. The van der Waals surface area contributed by atoms with Crippen molar-refractivity contribution >= 4 is 0 Å². The topological polar surface area (TPSA) is 55.5 Å². The number of benzene rings is 1. The van der Waals surface area contributed by atoms with E-state index in [4.69, 9.17) is 10.5 Å².